The van der Waals surface area contributed by atoms with Crippen LogP contribution < -0.4 is 16.0 Å². The Morgan fingerprint density at radius 1 is 0.903 bits per heavy atom. The minimum Gasteiger partial charge on any atom is -0.465 e. The van der Waals surface area contributed by atoms with E-state index in [-0.39, 0.29) is 30.9 Å². The highest BCUT2D eigenvalue weighted by Crippen LogP contribution is 2.11. The van der Waals surface area contributed by atoms with E-state index in [1.165, 1.54) is 0 Å². The van der Waals surface area contributed by atoms with Crippen molar-refractivity contribution >= 4 is 11.9 Å². The largest absolute Gasteiger partial charge is 0.465 e. The topological polar surface area (TPSA) is 91.9 Å². The van der Waals surface area contributed by atoms with Gasteiger partial charge < -0.3 is 25.4 Å². The number of rotatable bonds is 8. The van der Waals surface area contributed by atoms with E-state index in [2.05, 4.69) is 16.0 Å². The van der Waals surface area contributed by atoms with Gasteiger partial charge >= 0.3 is 11.9 Å². The summed E-state index contributed by atoms with van der Waals surface area (Å²) in [4.78, 5) is 27.5. The van der Waals surface area contributed by atoms with Crippen molar-refractivity contribution in [2.45, 2.75) is 32.9 Å². The SMILES string of the molecule is CC(C)COC(=O)CC(C(=O)OCc1ccccc1)N1CCNCCNCCNCC1. The summed E-state index contributed by atoms with van der Waals surface area (Å²) in [5.41, 5.74) is 0.918. The van der Waals surface area contributed by atoms with E-state index >= 15 is 0 Å². The Morgan fingerprint density at radius 3 is 2.06 bits per heavy atom. The number of carbonyl (C=O) groups excluding carboxylic acids is 2. The van der Waals surface area contributed by atoms with E-state index in [0.717, 1.165) is 44.8 Å². The first kappa shape index (κ1) is 25.3. The number of carbonyl (C=O) groups is 2. The molecule has 8 nitrogen and oxygen atoms in total. The van der Waals surface area contributed by atoms with Crippen molar-refractivity contribution in [2.24, 2.45) is 5.92 Å². The van der Waals surface area contributed by atoms with Crippen molar-refractivity contribution in [1.82, 2.24) is 20.9 Å². The maximum atomic E-state index is 13.0. The minimum absolute atomic E-state index is 0.0120. The van der Waals surface area contributed by atoms with Crippen LogP contribution in [-0.2, 0) is 25.7 Å². The Bertz CT molecular complexity index is 630. The molecule has 0 saturated carbocycles. The minimum atomic E-state index is -0.673. The van der Waals surface area contributed by atoms with Crippen LogP contribution in [0.4, 0.5) is 0 Å². The zero-order valence-electron chi connectivity index (χ0n) is 18.9. The van der Waals surface area contributed by atoms with Crippen molar-refractivity contribution in [3.05, 3.63) is 35.9 Å². The summed E-state index contributed by atoms with van der Waals surface area (Å²) in [6.45, 7) is 10.7. The van der Waals surface area contributed by atoms with Gasteiger partial charge in [0.15, 0.2) is 0 Å². The summed E-state index contributed by atoms with van der Waals surface area (Å²) in [6.07, 6.45) is -0.0120. The zero-order valence-corrected chi connectivity index (χ0v) is 18.9. The summed E-state index contributed by atoms with van der Waals surface area (Å²) in [7, 11) is 0. The molecular weight excluding hydrogens is 396 g/mol. The molecule has 0 radical (unpaired) electrons. The fraction of sp³-hybridized carbons (Fsp3) is 0.652. The third-order valence-electron chi connectivity index (χ3n) is 4.98. The van der Waals surface area contributed by atoms with Crippen molar-refractivity contribution < 1.29 is 19.1 Å². The molecule has 8 heteroatoms. The molecular formula is C23H38N4O4. The molecule has 1 aromatic rings. The molecule has 0 aromatic heterocycles. The highest BCUT2D eigenvalue weighted by atomic mass is 16.5. The maximum absolute atomic E-state index is 13.0. The molecule has 1 aromatic carbocycles. The Kier molecular flexibility index (Phi) is 12.2. The lowest BCUT2D eigenvalue weighted by atomic mass is 10.1. The van der Waals surface area contributed by atoms with Crippen molar-refractivity contribution in [3.63, 3.8) is 0 Å². The molecule has 1 fully saturated rings. The van der Waals surface area contributed by atoms with Gasteiger partial charge in [0, 0.05) is 52.4 Å². The zero-order chi connectivity index (χ0) is 22.3. The molecule has 1 unspecified atom stereocenters. The average molecular weight is 435 g/mol. The number of esters is 2. The third kappa shape index (κ3) is 10.7. The van der Waals surface area contributed by atoms with Crippen LogP contribution >= 0.6 is 0 Å². The van der Waals surface area contributed by atoms with Crippen LogP contribution in [0.25, 0.3) is 0 Å². The van der Waals surface area contributed by atoms with Crippen molar-refractivity contribution in [3.8, 4) is 0 Å². The molecule has 0 aliphatic carbocycles. The Balaban J connectivity index is 2.04. The fourth-order valence-corrected chi connectivity index (χ4v) is 3.26. The van der Waals surface area contributed by atoms with Crippen LogP contribution in [0.3, 0.4) is 0 Å². The summed E-state index contributed by atoms with van der Waals surface area (Å²) in [5, 5.41) is 10.1. The number of hydrogen-bond donors (Lipinski definition) is 3. The van der Waals surface area contributed by atoms with Gasteiger partial charge in [-0.3, -0.25) is 14.5 Å². The van der Waals surface area contributed by atoms with E-state index in [0.29, 0.717) is 19.7 Å². The van der Waals surface area contributed by atoms with Gasteiger partial charge in [0.2, 0.25) is 0 Å². The van der Waals surface area contributed by atoms with E-state index in [1.54, 1.807) is 0 Å². The number of hydrogen-bond acceptors (Lipinski definition) is 8. The monoisotopic (exact) mass is 434 g/mol. The van der Waals surface area contributed by atoms with Gasteiger partial charge in [-0.2, -0.15) is 0 Å². The maximum Gasteiger partial charge on any atom is 0.324 e. The summed E-state index contributed by atoms with van der Waals surface area (Å²) in [6, 6.07) is 8.89. The molecule has 0 bridgehead atoms. The number of nitrogens with one attached hydrogen (secondary N) is 3. The van der Waals surface area contributed by atoms with E-state index < -0.39 is 6.04 Å². The molecule has 1 heterocycles. The second-order valence-electron chi connectivity index (χ2n) is 8.18. The first-order chi connectivity index (χ1) is 15.1. The van der Waals surface area contributed by atoms with Crippen LogP contribution in [0.1, 0.15) is 25.8 Å². The molecule has 0 amide bonds. The highest BCUT2D eigenvalue weighted by molar-refractivity contribution is 5.82. The molecule has 1 saturated heterocycles. The van der Waals surface area contributed by atoms with E-state index in [4.69, 9.17) is 9.47 Å². The van der Waals surface area contributed by atoms with Crippen molar-refractivity contribution in [2.75, 3.05) is 59.0 Å². The molecule has 2 rings (SSSR count). The van der Waals surface area contributed by atoms with Crippen LogP contribution in [0.15, 0.2) is 30.3 Å². The number of nitrogens with zero attached hydrogens (tertiary/aromatic N) is 1. The van der Waals surface area contributed by atoms with Gasteiger partial charge in [-0.15, -0.1) is 0 Å². The second-order valence-corrected chi connectivity index (χ2v) is 8.18. The standard InChI is InChI=1S/C23H38N4O4/c1-19(2)17-30-22(28)16-21(23(29)31-18-20-6-4-3-5-7-20)27-14-12-25-10-8-24-9-11-26-13-15-27/h3-7,19,21,24-26H,8-18H2,1-2H3. The molecule has 0 spiro atoms. The molecule has 1 aliphatic rings. The van der Waals surface area contributed by atoms with Crippen LogP contribution in [0, 0.1) is 5.92 Å². The first-order valence-electron chi connectivity index (χ1n) is 11.3. The average Bonchev–Trinajstić information content (AvgIpc) is 2.76. The van der Waals surface area contributed by atoms with Crippen LogP contribution in [0.5, 0.6) is 0 Å². The number of benzene rings is 1. The molecule has 1 aliphatic heterocycles. The Labute approximate surface area is 186 Å². The third-order valence-corrected chi connectivity index (χ3v) is 4.98. The lowest BCUT2D eigenvalue weighted by Crippen LogP contribution is -2.50. The lowest BCUT2D eigenvalue weighted by molar-refractivity contribution is -0.158. The Hall–Kier alpha value is -2.00. The smallest absolute Gasteiger partial charge is 0.324 e. The van der Waals surface area contributed by atoms with Crippen LogP contribution in [-0.4, -0.2) is 81.8 Å². The normalized spacial score (nSPS) is 17.9. The fourth-order valence-electron chi connectivity index (χ4n) is 3.26. The van der Waals surface area contributed by atoms with Gasteiger partial charge in [0.1, 0.15) is 12.6 Å². The predicted molar refractivity (Wildman–Crippen MR) is 121 cm³/mol. The van der Waals surface area contributed by atoms with Gasteiger partial charge in [-0.05, 0) is 11.5 Å². The summed E-state index contributed by atoms with van der Waals surface area (Å²) < 4.78 is 11.0. The van der Waals surface area contributed by atoms with Gasteiger partial charge in [0.25, 0.3) is 0 Å². The molecule has 174 valence electrons. The quantitative estimate of drug-likeness (QED) is 0.517. The molecule has 3 N–H and O–H groups in total. The van der Waals surface area contributed by atoms with Crippen LogP contribution in [0.2, 0.25) is 0 Å². The predicted octanol–water partition coefficient (Wildman–Crippen LogP) is 0.772. The summed E-state index contributed by atoms with van der Waals surface area (Å²) in [5.74, 6) is -0.512. The summed E-state index contributed by atoms with van der Waals surface area (Å²) >= 11 is 0. The Morgan fingerprint density at radius 2 is 1.48 bits per heavy atom. The highest BCUT2D eigenvalue weighted by Gasteiger charge is 2.30. The van der Waals surface area contributed by atoms with Gasteiger partial charge in [-0.25, -0.2) is 0 Å². The lowest BCUT2D eigenvalue weighted by Gasteiger charge is -2.30. The molecule has 31 heavy (non-hydrogen) atoms. The van der Waals surface area contributed by atoms with E-state index in [9.17, 15) is 9.59 Å². The van der Waals surface area contributed by atoms with E-state index in [1.807, 2.05) is 49.1 Å². The van der Waals surface area contributed by atoms with Crippen molar-refractivity contribution in [1.29, 1.82) is 0 Å². The second kappa shape index (κ2) is 14.9. The van der Waals surface area contributed by atoms with Gasteiger partial charge in [-0.1, -0.05) is 44.2 Å². The van der Waals surface area contributed by atoms with Gasteiger partial charge in [0.05, 0.1) is 13.0 Å². The first-order valence-corrected chi connectivity index (χ1v) is 11.3. The molecule has 1 atom stereocenters. The number of ether oxygens (including phenoxy) is 2.